The lowest BCUT2D eigenvalue weighted by Crippen LogP contribution is -2.26. The molecule has 0 aromatic heterocycles. The molecule has 1 heteroatoms. The number of allylic oxidation sites excluding steroid dienone is 2. The fourth-order valence-electron chi connectivity index (χ4n) is 1.76. The third-order valence-corrected chi connectivity index (χ3v) is 2.39. The highest BCUT2D eigenvalue weighted by atomic mass is 14.6. The van der Waals surface area contributed by atoms with Crippen molar-refractivity contribution in [1.29, 1.82) is 0 Å². The molecule has 1 unspecified atom stereocenters. The van der Waals surface area contributed by atoms with Gasteiger partial charge < -0.3 is 5.73 Å². The van der Waals surface area contributed by atoms with Crippen LogP contribution in [0.2, 0.25) is 0 Å². The second-order valence-corrected chi connectivity index (χ2v) is 3.06. The monoisotopic (exact) mass is 181 g/mol. The lowest BCUT2D eigenvalue weighted by atomic mass is 9.86. The van der Waals surface area contributed by atoms with Crippen molar-refractivity contribution in [3.63, 3.8) is 0 Å². The predicted octanol–water partition coefficient (Wildman–Crippen LogP) is 3.42. The lowest BCUT2D eigenvalue weighted by molar-refractivity contribution is 0.598. The van der Waals surface area contributed by atoms with Crippen LogP contribution < -0.4 is 5.73 Å². The van der Waals surface area contributed by atoms with E-state index in [1.807, 2.05) is 13.8 Å². The first-order valence-corrected chi connectivity index (χ1v) is 5.37. The Balaban J connectivity index is 0.000000671. The third kappa shape index (κ3) is 3.35. The molecule has 0 aromatic carbocycles. The van der Waals surface area contributed by atoms with E-state index in [1.54, 1.807) is 0 Å². The Hall–Kier alpha value is -0.560. The molecule has 0 radical (unpaired) electrons. The summed E-state index contributed by atoms with van der Waals surface area (Å²) in [6.07, 6.45) is 7.95. The molecule has 13 heavy (non-hydrogen) atoms. The van der Waals surface area contributed by atoms with Gasteiger partial charge in [0.05, 0.1) is 0 Å². The van der Waals surface area contributed by atoms with Crippen LogP contribution in [-0.4, -0.2) is 6.04 Å². The topological polar surface area (TPSA) is 26.0 Å². The van der Waals surface area contributed by atoms with Gasteiger partial charge in [-0.25, -0.2) is 0 Å². The molecule has 1 atom stereocenters. The normalized spacial score (nSPS) is 28.5. The second-order valence-electron chi connectivity index (χ2n) is 3.06. The van der Waals surface area contributed by atoms with Crippen molar-refractivity contribution in [3.8, 4) is 0 Å². The Morgan fingerprint density at radius 3 is 2.23 bits per heavy atom. The van der Waals surface area contributed by atoms with Crippen molar-refractivity contribution in [2.75, 3.05) is 0 Å². The maximum absolute atomic E-state index is 5.95. The van der Waals surface area contributed by atoms with Crippen molar-refractivity contribution in [3.05, 3.63) is 23.3 Å². The van der Waals surface area contributed by atoms with Gasteiger partial charge in [-0.3, -0.25) is 0 Å². The van der Waals surface area contributed by atoms with Crippen LogP contribution in [0.25, 0.3) is 0 Å². The maximum Gasteiger partial charge on any atom is 0.0294 e. The van der Waals surface area contributed by atoms with Gasteiger partial charge in [0, 0.05) is 6.04 Å². The van der Waals surface area contributed by atoms with E-state index in [0.29, 0.717) is 6.04 Å². The average Bonchev–Trinajstić information content (AvgIpc) is 2.20. The van der Waals surface area contributed by atoms with Crippen LogP contribution in [0.3, 0.4) is 0 Å². The van der Waals surface area contributed by atoms with Crippen molar-refractivity contribution in [2.24, 2.45) is 5.73 Å². The smallest absolute Gasteiger partial charge is 0.0294 e. The molecule has 1 fully saturated rings. The van der Waals surface area contributed by atoms with E-state index in [0.717, 1.165) is 6.42 Å². The molecule has 1 nitrogen and oxygen atoms in total. The van der Waals surface area contributed by atoms with Crippen molar-refractivity contribution >= 4 is 0 Å². The minimum absolute atomic E-state index is 0.292. The van der Waals surface area contributed by atoms with Gasteiger partial charge in [0.2, 0.25) is 0 Å². The molecule has 1 rings (SSSR count). The number of hydrogen-bond acceptors (Lipinski definition) is 1. The molecular weight excluding hydrogens is 158 g/mol. The molecule has 0 spiro atoms. The summed E-state index contributed by atoms with van der Waals surface area (Å²) in [4.78, 5) is 0. The molecule has 1 saturated carbocycles. The molecule has 2 N–H and O–H groups in total. The van der Waals surface area contributed by atoms with Gasteiger partial charge in [0.1, 0.15) is 0 Å². The summed E-state index contributed by atoms with van der Waals surface area (Å²) in [5.41, 5.74) is 8.76. The number of hydrogen-bond donors (Lipinski definition) is 1. The Morgan fingerprint density at radius 2 is 1.85 bits per heavy atom. The van der Waals surface area contributed by atoms with Crippen molar-refractivity contribution in [1.82, 2.24) is 0 Å². The Kier molecular flexibility index (Phi) is 6.61. The Morgan fingerprint density at radius 1 is 1.23 bits per heavy atom. The lowest BCUT2D eigenvalue weighted by Gasteiger charge is -2.24. The van der Waals surface area contributed by atoms with Crippen molar-refractivity contribution < 1.29 is 0 Å². The molecule has 0 heterocycles. The zero-order valence-corrected chi connectivity index (χ0v) is 9.43. The van der Waals surface area contributed by atoms with E-state index < -0.39 is 0 Å². The van der Waals surface area contributed by atoms with E-state index in [4.69, 9.17) is 5.73 Å². The van der Waals surface area contributed by atoms with E-state index in [9.17, 15) is 0 Å². The third-order valence-electron chi connectivity index (χ3n) is 2.39. The van der Waals surface area contributed by atoms with Crippen LogP contribution in [-0.2, 0) is 0 Å². The molecule has 0 saturated heterocycles. The van der Waals surface area contributed by atoms with Gasteiger partial charge in [-0.05, 0) is 44.3 Å². The fraction of sp³-hybridized carbons (Fsp3) is 0.667. The van der Waals surface area contributed by atoms with Gasteiger partial charge in [0.15, 0.2) is 0 Å². The van der Waals surface area contributed by atoms with Gasteiger partial charge in [-0.1, -0.05) is 26.0 Å². The summed E-state index contributed by atoms with van der Waals surface area (Å²) < 4.78 is 0. The van der Waals surface area contributed by atoms with Crippen LogP contribution in [0.5, 0.6) is 0 Å². The van der Waals surface area contributed by atoms with Gasteiger partial charge >= 0.3 is 0 Å². The highest BCUT2D eigenvalue weighted by Gasteiger charge is 2.17. The molecular formula is C12H23N. The summed E-state index contributed by atoms with van der Waals surface area (Å²) in [7, 11) is 0. The minimum atomic E-state index is 0.292. The van der Waals surface area contributed by atoms with E-state index >= 15 is 0 Å². The quantitative estimate of drug-likeness (QED) is 0.609. The first-order valence-electron chi connectivity index (χ1n) is 5.37. The van der Waals surface area contributed by atoms with Crippen LogP contribution in [0.4, 0.5) is 0 Å². The summed E-state index contributed by atoms with van der Waals surface area (Å²) in [5.74, 6) is 0. The summed E-state index contributed by atoms with van der Waals surface area (Å²) in [6, 6.07) is 0.292. The summed E-state index contributed by atoms with van der Waals surface area (Å²) in [5, 5.41) is 0. The highest BCUT2D eigenvalue weighted by Crippen LogP contribution is 2.27. The van der Waals surface area contributed by atoms with Gasteiger partial charge in [0.25, 0.3) is 0 Å². The van der Waals surface area contributed by atoms with Crippen LogP contribution in [0, 0.1) is 0 Å². The fourth-order valence-corrected chi connectivity index (χ4v) is 1.76. The molecule has 1 aliphatic rings. The standard InChI is InChI=1S/C10H17N.C2H6/c1-3-8-6-5-7-10(11)9(8)4-2;1-2/h3-4,10H,5-7,11H2,1-2H3;1-2H3/b8-3-,9-4+;. The molecule has 1 aliphatic carbocycles. The first kappa shape index (κ1) is 12.4. The zero-order chi connectivity index (χ0) is 10.3. The SMILES string of the molecule is C/C=C1/CCCC(N)/C1=C/C.CC. The maximum atomic E-state index is 5.95. The van der Waals surface area contributed by atoms with Crippen LogP contribution >= 0.6 is 0 Å². The zero-order valence-electron chi connectivity index (χ0n) is 9.43. The average molecular weight is 181 g/mol. The number of nitrogens with two attached hydrogens (primary N) is 1. The Labute approximate surface area is 82.7 Å². The van der Waals surface area contributed by atoms with Gasteiger partial charge in [-0.2, -0.15) is 0 Å². The first-order chi connectivity index (χ1) is 6.29. The van der Waals surface area contributed by atoms with Crippen LogP contribution in [0.1, 0.15) is 47.0 Å². The summed E-state index contributed by atoms with van der Waals surface area (Å²) in [6.45, 7) is 8.17. The molecule has 0 bridgehead atoms. The van der Waals surface area contributed by atoms with E-state index in [2.05, 4.69) is 26.0 Å². The van der Waals surface area contributed by atoms with Crippen LogP contribution in [0.15, 0.2) is 23.3 Å². The molecule has 0 aliphatic heterocycles. The van der Waals surface area contributed by atoms with Gasteiger partial charge in [-0.15, -0.1) is 0 Å². The van der Waals surface area contributed by atoms with Crippen molar-refractivity contribution in [2.45, 2.75) is 53.0 Å². The van der Waals surface area contributed by atoms with E-state index in [1.165, 1.54) is 24.0 Å². The highest BCUT2D eigenvalue weighted by molar-refractivity contribution is 5.36. The number of rotatable bonds is 0. The Bertz CT molecular complexity index is 189. The summed E-state index contributed by atoms with van der Waals surface area (Å²) >= 11 is 0. The molecule has 76 valence electrons. The molecule has 0 aromatic rings. The predicted molar refractivity (Wildman–Crippen MR) is 60.7 cm³/mol. The minimum Gasteiger partial charge on any atom is -0.324 e. The second kappa shape index (κ2) is 6.90. The largest absolute Gasteiger partial charge is 0.324 e. The molecule has 0 amide bonds. The van der Waals surface area contributed by atoms with E-state index in [-0.39, 0.29) is 0 Å².